The smallest absolute Gasteiger partial charge is 0.0462 e. The Hall–Kier alpha value is -0.670. The van der Waals surface area contributed by atoms with E-state index in [9.17, 15) is 0 Å². The van der Waals surface area contributed by atoms with E-state index < -0.39 is 0 Å². The maximum atomic E-state index is 6.50. The molecule has 0 rings (SSSR count). The summed E-state index contributed by atoms with van der Waals surface area (Å²) in [4.78, 5) is 0. The summed E-state index contributed by atoms with van der Waals surface area (Å²) >= 11 is 0. The zero-order valence-corrected chi connectivity index (χ0v) is 3.27. The highest BCUT2D eigenvalue weighted by Gasteiger charge is 0.515. The number of nitriles is 2. The Kier molecular flexibility index (Phi) is 219. The van der Waals surface area contributed by atoms with Gasteiger partial charge in [0.25, 0.3) is 0 Å². The molecular formula is C2H2N2S. The van der Waals surface area contributed by atoms with Crippen LogP contribution in [-0.2, 0) is 0 Å². The molecule has 3 heteroatoms. The number of nitrogens with zero attached hydrogens (tertiary/aromatic N) is 2. The highest BCUT2D eigenvalue weighted by Crippen LogP contribution is 0.648. The molecule has 0 aromatic rings. The Morgan fingerprint density at radius 1 is 0.800 bits per heavy atom. The second kappa shape index (κ2) is 40.3. The van der Waals surface area contributed by atoms with Crippen LogP contribution in [0.5, 0.6) is 0 Å². The molecule has 0 heterocycles. The van der Waals surface area contributed by atoms with Crippen molar-refractivity contribution < 1.29 is 0 Å². The Bertz CT molecular complexity index is 23.1. The molecule has 5 heavy (non-hydrogen) atoms. The van der Waals surface area contributed by atoms with E-state index in [0.717, 1.165) is 0 Å². The zero-order chi connectivity index (χ0) is 4.00. The molecule has 2 radical (unpaired) electrons. The molecule has 0 spiro atoms. The van der Waals surface area contributed by atoms with Gasteiger partial charge in [0, 0.05) is 26.6 Å². The van der Waals surface area contributed by atoms with Crippen LogP contribution in [0.4, 0.5) is 0 Å². The van der Waals surface area contributed by atoms with Gasteiger partial charge in [0.1, 0.15) is 0 Å². The summed E-state index contributed by atoms with van der Waals surface area (Å²) in [6, 6.07) is 0. The van der Waals surface area contributed by atoms with Gasteiger partial charge in [-0.3, -0.25) is 0 Å². The third-order valence-electron chi connectivity index (χ3n) is 0. The van der Waals surface area contributed by atoms with Gasteiger partial charge < -0.3 is 0 Å². The van der Waals surface area contributed by atoms with E-state index in [1.54, 1.807) is 0 Å². The lowest BCUT2D eigenvalue weighted by Crippen LogP contribution is -0.569. The molecule has 0 N–H and O–H groups in total. The van der Waals surface area contributed by atoms with E-state index >= 15 is 0 Å². The summed E-state index contributed by atoms with van der Waals surface area (Å²) in [6.07, 6.45) is 0. The number of hydrogen-bond acceptors (Lipinski definition) is 2. The third kappa shape index (κ3) is 13.1. The molecule has 0 amide bonds. The topological polar surface area (TPSA) is 47.6 Å². The Morgan fingerprint density at radius 3 is 0.800 bits per heavy atom. The van der Waals surface area contributed by atoms with Crippen molar-refractivity contribution in [3.63, 3.8) is 0 Å². The minimum atomic E-state index is 0. The van der Waals surface area contributed by atoms with Gasteiger partial charge in [0.2, 0.25) is 0 Å². The van der Waals surface area contributed by atoms with Crippen LogP contribution in [0.1, 0.15) is 0 Å². The van der Waals surface area contributed by atoms with Crippen LogP contribution in [-0.4, -0.2) is 0 Å². The number of hydrogen-bond donors (Lipinski definition) is 0. The van der Waals surface area contributed by atoms with E-state index in [4.69, 9.17) is 10.5 Å². The van der Waals surface area contributed by atoms with Crippen molar-refractivity contribution in [3.05, 3.63) is 0 Å². The maximum absolute atomic E-state index is 6.50. The van der Waals surface area contributed by atoms with Crippen LogP contribution >= 0.6 is 13.5 Å². The van der Waals surface area contributed by atoms with E-state index in [1.165, 1.54) is 0 Å². The van der Waals surface area contributed by atoms with Gasteiger partial charge in [0.15, 0.2) is 0 Å². The largest absolute Gasteiger partial charge is 0.202 e. The number of rotatable bonds is 0. The molecule has 0 saturated carbocycles. The molecular weight excluding hydrogens is 84.1 g/mol. The minimum absolute atomic E-state index is 0. The summed E-state index contributed by atoms with van der Waals surface area (Å²) in [6.45, 7) is 7.00. The lowest BCUT2D eigenvalue weighted by molar-refractivity contribution is 1.58. The zero-order valence-electron chi connectivity index (χ0n) is 2.46. The van der Waals surface area contributed by atoms with Gasteiger partial charge >= 0.3 is 0 Å². The van der Waals surface area contributed by atoms with Crippen LogP contribution < -0.4 is 0 Å². The summed E-state index contributed by atoms with van der Waals surface area (Å²) in [7, 11) is 0. The highest BCUT2D eigenvalue weighted by atomic mass is 32.1. The summed E-state index contributed by atoms with van der Waals surface area (Å²) in [5.41, 5.74) is 0. The Labute approximate surface area is 38.1 Å². The SMILES string of the molecule is C#N.C#N.[S]. The van der Waals surface area contributed by atoms with Gasteiger partial charge in [-0.25, -0.2) is 10.5 Å². The minimum Gasteiger partial charge on any atom is -0.202 e. The van der Waals surface area contributed by atoms with Crippen molar-refractivity contribution in [2.75, 3.05) is 0 Å². The molecule has 2 nitrogen and oxygen atoms in total. The third-order valence-corrected chi connectivity index (χ3v) is 0. The molecule has 0 aliphatic heterocycles. The molecule has 0 saturated heterocycles. The lowest BCUT2D eigenvalue weighted by Gasteiger charge is -0.668. The average Bonchev–Trinajstić information content (AvgIpc) is 1.50. The van der Waals surface area contributed by atoms with E-state index in [1.807, 2.05) is 0 Å². The first-order valence-electron chi connectivity index (χ1n) is 0.516. The standard InChI is InChI=1S/2CHN.S/c2*1-2;/h2*1H;. The Morgan fingerprint density at radius 2 is 0.800 bits per heavy atom. The monoisotopic (exact) mass is 86.0 g/mol. The first-order valence-corrected chi connectivity index (χ1v) is 0.516. The van der Waals surface area contributed by atoms with Crippen LogP contribution in [0, 0.1) is 23.7 Å². The predicted molar refractivity (Wildman–Crippen MR) is 20.9 cm³/mol. The molecule has 0 fully saturated rings. The van der Waals surface area contributed by atoms with Crippen molar-refractivity contribution in [1.82, 2.24) is 0 Å². The average molecular weight is 86.1 g/mol. The van der Waals surface area contributed by atoms with Crippen LogP contribution in [0.25, 0.3) is 0 Å². The molecule has 0 aromatic heterocycles. The first-order chi connectivity index (χ1) is 2.00. The molecule has 0 atom stereocenters. The van der Waals surface area contributed by atoms with E-state index in [2.05, 4.69) is 13.1 Å². The summed E-state index contributed by atoms with van der Waals surface area (Å²) < 4.78 is 0. The second-order valence-corrected chi connectivity index (χ2v) is 0. The van der Waals surface area contributed by atoms with Crippen LogP contribution in [0.3, 0.4) is 0 Å². The maximum Gasteiger partial charge on any atom is 0.0462 e. The van der Waals surface area contributed by atoms with Gasteiger partial charge in [-0.1, -0.05) is 0 Å². The van der Waals surface area contributed by atoms with Crippen molar-refractivity contribution in [2.45, 2.75) is 0 Å². The first kappa shape index (κ1) is 27.1. The molecule has 0 unspecified atom stereocenters. The van der Waals surface area contributed by atoms with Crippen molar-refractivity contribution in [2.24, 2.45) is 0 Å². The fourth-order valence-electron chi connectivity index (χ4n) is 0. The van der Waals surface area contributed by atoms with Crippen molar-refractivity contribution >= 4 is 13.5 Å². The fraction of sp³-hybridized carbons (Fsp3) is 0. The summed E-state index contributed by atoms with van der Waals surface area (Å²) in [5.74, 6) is 0. The van der Waals surface area contributed by atoms with Crippen molar-refractivity contribution in [3.8, 4) is 13.1 Å². The molecule has 0 aliphatic carbocycles. The Balaban J connectivity index is -0.0000000133. The van der Waals surface area contributed by atoms with Gasteiger partial charge in [-0.05, 0) is 0 Å². The van der Waals surface area contributed by atoms with Crippen LogP contribution in [0.2, 0.25) is 0 Å². The van der Waals surface area contributed by atoms with Crippen molar-refractivity contribution in [1.29, 1.82) is 10.5 Å². The summed E-state index contributed by atoms with van der Waals surface area (Å²) in [5, 5.41) is 13.0. The second-order valence-electron chi connectivity index (χ2n) is 0. The van der Waals surface area contributed by atoms with Gasteiger partial charge in [-0.2, -0.15) is 0 Å². The van der Waals surface area contributed by atoms with Gasteiger partial charge in [0.05, 0.1) is 0 Å². The molecule has 0 aromatic carbocycles. The highest BCUT2D eigenvalue weighted by molar-refractivity contribution is 7.59. The normalized spacial score (nSPS) is 0.800. The lowest BCUT2D eigenvalue weighted by atomic mass is 11.9. The van der Waals surface area contributed by atoms with E-state index in [0.29, 0.717) is 0 Å². The van der Waals surface area contributed by atoms with Gasteiger partial charge in [-0.15, -0.1) is 0 Å². The fourth-order valence-corrected chi connectivity index (χ4v) is 0. The van der Waals surface area contributed by atoms with Crippen LogP contribution in [0.15, 0.2) is 0 Å². The molecule has 0 aliphatic rings. The predicted octanol–water partition coefficient (Wildman–Crippen LogP) is 0.928. The molecule has 0 bridgehead atoms. The molecule has 26 valence electrons. The van der Waals surface area contributed by atoms with E-state index in [-0.39, 0.29) is 13.5 Å². The quantitative estimate of drug-likeness (QED) is 0.440.